The molecule has 0 aliphatic carbocycles. The summed E-state index contributed by atoms with van der Waals surface area (Å²) in [7, 11) is 0. The molecule has 0 saturated carbocycles. The Morgan fingerprint density at radius 1 is 0.391 bits per heavy atom. The van der Waals surface area contributed by atoms with Gasteiger partial charge in [0, 0.05) is 146 Å². The first-order chi connectivity index (χ1) is 55.0. The first-order valence-corrected chi connectivity index (χ1v) is 43.6. The minimum absolute atomic E-state index is 0.00260. The Kier molecular flexibility index (Phi) is 52.9. The lowest BCUT2D eigenvalue weighted by Gasteiger charge is -2.40. The van der Waals surface area contributed by atoms with Gasteiger partial charge in [0.15, 0.2) is 18.9 Å². The Balaban J connectivity index is 1.28. The highest BCUT2D eigenvalue weighted by molar-refractivity contribution is 5.81. The van der Waals surface area contributed by atoms with Gasteiger partial charge in [-0.25, -0.2) is 0 Å². The quantitative estimate of drug-likeness (QED) is 0.0286. The van der Waals surface area contributed by atoms with Gasteiger partial charge in [-0.05, 0) is 124 Å². The molecule has 0 bridgehead atoms. The molecule has 0 spiro atoms. The van der Waals surface area contributed by atoms with E-state index >= 15 is 0 Å². The Labute approximate surface area is 683 Å². The number of likely N-dealkylation sites (tertiary alicyclic amines) is 1. The van der Waals surface area contributed by atoms with Crippen LogP contribution in [0.5, 0.6) is 0 Å². The van der Waals surface area contributed by atoms with Crippen molar-refractivity contribution in [3.05, 3.63) is 0 Å². The van der Waals surface area contributed by atoms with Crippen LogP contribution in [0.3, 0.4) is 0 Å². The van der Waals surface area contributed by atoms with Crippen LogP contribution in [0.25, 0.3) is 0 Å². The maximum Gasteiger partial charge on any atom is 0.222 e. The zero-order chi connectivity index (χ0) is 84.6. The molecular weight excluding hydrogens is 1490 g/mol. The third-order valence-corrected chi connectivity index (χ3v) is 22.5. The molecule has 668 valence electrons. The summed E-state index contributed by atoms with van der Waals surface area (Å²) in [5.74, 6) is -1.55. The van der Waals surface area contributed by atoms with Gasteiger partial charge in [0.05, 0.1) is 88.9 Å². The summed E-state index contributed by atoms with van der Waals surface area (Å²) in [5.41, 5.74) is -1.20. The Morgan fingerprint density at radius 3 is 1.10 bits per heavy atom. The van der Waals surface area contributed by atoms with Crippen LogP contribution in [-0.2, 0) is 81.0 Å². The maximum atomic E-state index is 14.2. The second-order valence-electron chi connectivity index (χ2n) is 33.9. The fourth-order valence-corrected chi connectivity index (χ4v) is 15.1. The van der Waals surface area contributed by atoms with Crippen molar-refractivity contribution in [3.8, 4) is 0 Å². The molecule has 4 fully saturated rings. The summed E-state index contributed by atoms with van der Waals surface area (Å²) in [6.45, 7) is 12.2. The van der Waals surface area contributed by atoms with E-state index in [0.717, 1.165) is 44.9 Å². The number of hydrogen-bond acceptors (Lipinski definition) is 27. The zero-order valence-corrected chi connectivity index (χ0v) is 70.4. The number of nitrogens with zero attached hydrogens (tertiary/aromatic N) is 1. The summed E-state index contributed by atoms with van der Waals surface area (Å²) in [6.07, 6.45) is 7.80. The van der Waals surface area contributed by atoms with Gasteiger partial charge in [0.25, 0.3) is 0 Å². The summed E-state index contributed by atoms with van der Waals surface area (Å²) in [4.78, 5) is 107. The van der Waals surface area contributed by atoms with Crippen molar-refractivity contribution in [1.82, 2.24) is 15.5 Å². The molecule has 0 radical (unpaired) electrons. The van der Waals surface area contributed by atoms with Gasteiger partial charge in [-0.3, -0.25) is 38.4 Å². The van der Waals surface area contributed by atoms with Crippen molar-refractivity contribution >= 4 is 46.6 Å². The van der Waals surface area contributed by atoms with E-state index in [1.165, 1.54) is 0 Å². The Bertz CT molecular complexity index is 2490. The lowest BCUT2D eigenvalue weighted by molar-refractivity contribution is -0.282. The van der Waals surface area contributed by atoms with Gasteiger partial charge in [-0.15, -0.1) is 0 Å². The molecule has 4 aliphatic heterocycles. The Hall–Kier alpha value is -4.00. The number of hydrogen-bond donors (Lipinski definition) is 12. The normalized spacial score (nSPS) is 26.4. The fraction of sp³-hybridized carbons (Fsp3) is 0.906. The van der Waals surface area contributed by atoms with Crippen LogP contribution in [0, 0.1) is 23.2 Å². The number of aliphatic hydroxyl groups excluding tert-OH is 10. The van der Waals surface area contributed by atoms with Gasteiger partial charge in [0.1, 0.15) is 65.5 Å². The van der Waals surface area contributed by atoms with Crippen molar-refractivity contribution in [2.75, 3.05) is 92.3 Å². The topological polar surface area (TPSA) is 449 Å². The number of ether oxygens (including phenoxy) is 9. The zero-order valence-electron chi connectivity index (χ0n) is 70.4. The molecule has 12 N–H and O–H groups in total. The molecule has 0 aromatic carbocycles. The third kappa shape index (κ3) is 42.4. The van der Waals surface area contributed by atoms with Crippen LogP contribution < -0.4 is 10.6 Å². The smallest absolute Gasteiger partial charge is 0.222 e. The second kappa shape index (κ2) is 58.9. The van der Waals surface area contributed by atoms with Crippen molar-refractivity contribution in [2.24, 2.45) is 23.2 Å². The molecule has 4 aliphatic rings. The average molecular weight is 1650 g/mol. The van der Waals surface area contributed by atoms with E-state index in [-0.39, 0.29) is 137 Å². The highest BCUT2D eigenvalue weighted by Gasteiger charge is 2.45. The molecule has 15 unspecified atom stereocenters. The number of unbranched alkanes of at least 4 members (excludes halogenated alkanes) is 15. The molecule has 4 saturated heterocycles. The second-order valence-corrected chi connectivity index (χ2v) is 33.9. The Morgan fingerprint density at radius 2 is 0.722 bits per heavy atom. The highest BCUT2D eigenvalue weighted by Crippen LogP contribution is 2.35. The van der Waals surface area contributed by atoms with E-state index in [1.54, 1.807) is 25.7 Å². The molecule has 4 heterocycles. The number of aliphatic hydroxyl groups is 10. The van der Waals surface area contributed by atoms with Crippen LogP contribution in [0.1, 0.15) is 286 Å². The number of nitrogens with one attached hydrogen (secondary N) is 2. The maximum absolute atomic E-state index is 14.2. The van der Waals surface area contributed by atoms with Gasteiger partial charge >= 0.3 is 0 Å². The van der Waals surface area contributed by atoms with Gasteiger partial charge in [-0.2, -0.15) is 0 Å². The SMILES string of the molecule is CC1C(OCCCCC(=O)CCCCCC(=O)CCOCC(CCCCC(=O)NCCCNC(=O)CCCCOC2OC(CO)C(O)C(O)C2C)(COCCC(=O)CCCCCC(=O)CCCCOC2OC(CO)C(O)C(O)C2C)CC(=O)CCCCCCCCCCC(=O)N2C[C@H](O)C[C@H]2COC(C)(C)C)OC(CO)C(O)C1O. The highest BCUT2D eigenvalue weighted by atomic mass is 16.7. The molecular formula is C85H151N3O27. The van der Waals surface area contributed by atoms with Crippen LogP contribution in [0.2, 0.25) is 0 Å². The van der Waals surface area contributed by atoms with Crippen molar-refractivity contribution < 1.29 is 132 Å². The van der Waals surface area contributed by atoms with E-state index in [1.807, 2.05) is 20.8 Å². The van der Waals surface area contributed by atoms with Crippen LogP contribution in [0.15, 0.2) is 0 Å². The number of carbonyl (C=O) groups is 8. The monoisotopic (exact) mass is 1650 g/mol. The molecule has 0 aromatic rings. The number of Topliss-reactive ketones (excluding diaryl/α,β-unsaturated/α-hetero) is 5. The van der Waals surface area contributed by atoms with Gasteiger partial charge < -0.3 is 109 Å². The molecule has 30 heteroatoms. The lowest BCUT2D eigenvalue weighted by Crippen LogP contribution is -2.55. The van der Waals surface area contributed by atoms with Gasteiger partial charge in [0.2, 0.25) is 17.7 Å². The standard InChI is InChI=1S/C85H151N3O27/c1-59-75(101)78(104)69(53-89)113-81(59)109-45-26-22-34-63(92)30-16-13-18-32-65(94)40-48-107-57-85(51-67(96)36-15-11-9-7-8-10-12-20-39-74(100)88-52-68(97)50-62(88)56-112-84(4,5)6,42-25-21-37-72(98)86-43-29-44-87-73(99)38-24-28-47-111-83-61(3)77(103)80(106)71(55-91)115-83)58-108-49-41-66(95)33-19-14-17-31-64(93)35-23-27-46-110-82-60(2)76(102)79(105)70(54-90)114-82/h59-62,68-71,75-83,89-91,97,101-106H,7-58H2,1-6H3,(H,86,98)(H,87,99)/t59?,60?,61?,62-,68+,69?,70?,71?,75?,76?,77?,78?,79?,80?,81?,82?,83?,85?/m0/s1. The van der Waals surface area contributed by atoms with E-state index in [9.17, 15) is 89.4 Å². The molecule has 4 rings (SSSR count). The van der Waals surface area contributed by atoms with Crippen LogP contribution in [-0.4, -0.2) is 286 Å². The summed E-state index contributed by atoms with van der Waals surface area (Å²) in [5, 5.41) is 106. The summed E-state index contributed by atoms with van der Waals surface area (Å²) >= 11 is 0. The number of carbonyl (C=O) groups excluding carboxylic acids is 8. The third-order valence-electron chi connectivity index (χ3n) is 22.5. The molecule has 115 heavy (non-hydrogen) atoms. The van der Waals surface area contributed by atoms with E-state index in [4.69, 9.17) is 42.6 Å². The minimum atomic E-state index is -1.22. The average Bonchev–Trinajstić information content (AvgIpc) is 1.85. The number of amides is 3. The number of β-amino-alcohol motifs (C(OH)–C–C–N with tert-alkyl or cyclic N) is 1. The number of rotatable bonds is 67. The summed E-state index contributed by atoms with van der Waals surface area (Å²) in [6, 6.07) is -0.130. The lowest BCUT2D eigenvalue weighted by atomic mass is 9.78. The van der Waals surface area contributed by atoms with E-state index in [0.29, 0.717) is 193 Å². The summed E-state index contributed by atoms with van der Waals surface area (Å²) < 4.78 is 52.8. The van der Waals surface area contributed by atoms with Crippen molar-refractivity contribution in [1.29, 1.82) is 0 Å². The minimum Gasteiger partial charge on any atom is -0.394 e. The van der Waals surface area contributed by atoms with E-state index < -0.39 is 123 Å². The molecule has 0 aromatic heterocycles. The van der Waals surface area contributed by atoms with Gasteiger partial charge in [-0.1, -0.05) is 78.6 Å². The molecule has 30 nitrogen and oxygen atoms in total. The molecule has 3 amide bonds. The largest absolute Gasteiger partial charge is 0.394 e. The van der Waals surface area contributed by atoms with Crippen LogP contribution >= 0.6 is 0 Å². The van der Waals surface area contributed by atoms with E-state index in [2.05, 4.69) is 10.6 Å². The fourth-order valence-electron chi connectivity index (χ4n) is 15.1. The first kappa shape index (κ1) is 103. The van der Waals surface area contributed by atoms with Crippen molar-refractivity contribution in [3.63, 3.8) is 0 Å². The predicted octanol–water partition coefficient (Wildman–Crippen LogP) is 6.57. The molecule has 17 atom stereocenters. The number of ketones is 5. The van der Waals surface area contributed by atoms with Crippen molar-refractivity contribution in [2.45, 2.75) is 377 Å². The predicted molar refractivity (Wildman–Crippen MR) is 426 cm³/mol. The first-order valence-electron chi connectivity index (χ1n) is 43.6. The van der Waals surface area contributed by atoms with Crippen LogP contribution in [0.4, 0.5) is 0 Å².